The summed E-state index contributed by atoms with van der Waals surface area (Å²) in [5.74, 6) is 0.652. The van der Waals surface area contributed by atoms with E-state index < -0.39 is 6.04 Å². The summed E-state index contributed by atoms with van der Waals surface area (Å²) in [6, 6.07) is 8.34. The number of nitrogens with zero attached hydrogens (tertiary/aromatic N) is 3. The highest BCUT2D eigenvalue weighted by atomic mass is 16.5. The van der Waals surface area contributed by atoms with Crippen molar-refractivity contribution in [1.29, 1.82) is 0 Å². The number of nitrogens with one attached hydrogen (secondary N) is 1. The number of hydrogen-bond donors (Lipinski definition) is 3. The number of carbonyl (C=O) groups is 1. The van der Waals surface area contributed by atoms with Gasteiger partial charge >= 0.3 is 0 Å². The van der Waals surface area contributed by atoms with Crippen molar-refractivity contribution in [2.75, 3.05) is 24.8 Å². The molecule has 28 heavy (non-hydrogen) atoms. The Hall–Kier alpha value is -3.46. The largest absolute Gasteiger partial charge is 0.495 e. The monoisotopic (exact) mass is 382 g/mol. The number of amides is 1. The number of fused-ring (bicyclic) bond motifs is 1. The first kappa shape index (κ1) is 19.3. The lowest BCUT2D eigenvalue weighted by Gasteiger charge is -2.13. The maximum absolute atomic E-state index is 11.9. The van der Waals surface area contributed by atoms with Crippen molar-refractivity contribution in [1.82, 2.24) is 15.0 Å². The molecule has 0 spiro atoms. The minimum Gasteiger partial charge on any atom is -0.495 e. The zero-order chi connectivity index (χ0) is 20.3. The number of aromatic nitrogens is 3. The number of hydrogen-bond acceptors (Lipinski definition) is 8. The Kier molecular flexibility index (Phi) is 5.55. The van der Waals surface area contributed by atoms with Crippen LogP contribution in [0.15, 0.2) is 30.3 Å². The van der Waals surface area contributed by atoms with Crippen LogP contribution in [0.5, 0.6) is 11.6 Å². The van der Waals surface area contributed by atoms with Crippen LogP contribution in [0.2, 0.25) is 0 Å². The van der Waals surface area contributed by atoms with E-state index in [0.29, 0.717) is 40.7 Å². The van der Waals surface area contributed by atoms with E-state index >= 15 is 0 Å². The summed E-state index contributed by atoms with van der Waals surface area (Å²) in [7, 11) is 1.53. The average molecular weight is 382 g/mol. The van der Waals surface area contributed by atoms with E-state index in [4.69, 9.17) is 20.9 Å². The molecule has 1 amide bonds. The van der Waals surface area contributed by atoms with E-state index in [1.165, 1.54) is 7.11 Å². The SMILES string of the molecule is CCOc1nc(N)nc2ccc(-c3ccc(NC(=O)[C@H](C)N)c(OC)c3)nc12. The molecular formula is C19H22N6O3. The van der Waals surface area contributed by atoms with Gasteiger partial charge in [0.2, 0.25) is 17.7 Å². The van der Waals surface area contributed by atoms with Gasteiger partial charge in [-0.25, -0.2) is 9.97 Å². The van der Waals surface area contributed by atoms with Gasteiger partial charge in [0.05, 0.1) is 36.7 Å². The van der Waals surface area contributed by atoms with Gasteiger partial charge in [0, 0.05) is 5.56 Å². The molecule has 9 nitrogen and oxygen atoms in total. The summed E-state index contributed by atoms with van der Waals surface area (Å²) in [6.45, 7) is 3.90. The molecule has 0 saturated carbocycles. The van der Waals surface area contributed by atoms with Crippen molar-refractivity contribution in [3.05, 3.63) is 30.3 Å². The molecule has 0 aliphatic heterocycles. The fourth-order valence-corrected chi connectivity index (χ4v) is 2.60. The molecule has 1 atom stereocenters. The number of rotatable bonds is 6. The van der Waals surface area contributed by atoms with Crippen molar-refractivity contribution < 1.29 is 14.3 Å². The van der Waals surface area contributed by atoms with Crippen LogP contribution in [0.1, 0.15) is 13.8 Å². The molecule has 2 aromatic heterocycles. The lowest BCUT2D eigenvalue weighted by atomic mass is 10.1. The predicted molar refractivity (Wildman–Crippen MR) is 107 cm³/mol. The Bertz CT molecular complexity index is 1020. The molecule has 0 bridgehead atoms. The minimum absolute atomic E-state index is 0.126. The zero-order valence-corrected chi connectivity index (χ0v) is 15.9. The third-order valence-electron chi connectivity index (χ3n) is 3.98. The molecule has 0 aliphatic carbocycles. The lowest BCUT2D eigenvalue weighted by molar-refractivity contribution is -0.117. The number of benzene rings is 1. The molecule has 9 heteroatoms. The zero-order valence-electron chi connectivity index (χ0n) is 15.9. The average Bonchev–Trinajstić information content (AvgIpc) is 2.68. The summed E-state index contributed by atoms with van der Waals surface area (Å²) >= 11 is 0. The van der Waals surface area contributed by atoms with Gasteiger partial charge in [-0.2, -0.15) is 4.98 Å². The molecule has 0 saturated heterocycles. The molecule has 5 N–H and O–H groups in total. The van der Waals surface area contributed by atoms with Crippen LogP contribution in [0.25, 0.3) is 22.3 Å². The van der Waals surface area contributed by atoms with Crippen LogP contribution in [0, 0.1) is 0 Å². The summed E-state index contributed by atoms with van der Waals surface area (Å²) in [6.07, 6.45) is 0. The second kappa shape index (κ2) is 8.05. The van der Waals surface area contributed by atoms with Crippen molar-refractivity contribution in [3.8, 4) is 22.9 Å². The molecule has 3 rings (SSSR count). The molecule has 0 fully saturated rings. The Labute approximate surface area is 162 Å². The van der Waals surface area contributed by atoms with E-state index in [0.717, 1.165) is 5.56 Å². The Morgan fingerprint density at radius 1 is 1.21 bits per heavy atom. The smallest absolute Gasteiger partial charge is 0.245 e. The first-order valence-electron chi connectivity index (χ1n) is 8.74. The maximum atomic E-state index is 11.9. The van der Waals surface area contributed by atoms with Crippen LogP contribution in [0.3, 0.4) is 0 Å². The van der Waals surface area contributed by atoms with Crippen molar-refractivity contribution in [3.63, 3.8) is 0 Å². The van der Waals surface area contributed by atoms with Gasteiger partial charge in [0.15, 0.2) is 5.52 Å². The molecule has 3 aromatic rings. The topological polar surface area (TPSA) is 138 Å². The van der Waals surface area contributed by atoms with Crippen LogP contribution in [-0.2, 0) is 4.79 Å². The highest BCUT2D eigenvalue weighted by molar-refractivity contribution is 5.96. The van der Waals surface area contributed by atoms with Crippen molar-refractivity contribution >= 4 is 28.6 Å². The van der Waals surface area contributed by atoms with E-state index in [1.54, 1.807) is 25.1 Å². The lowest BCUT2D eigenvalue weighted by Crippen LogP contribution is -2.32. The van der Waals surface area contributed by atoms with Crippen molar-refractivity contribution in [2.24, 2.45) is 5.73 Å². The minimum atomic E-state index is -0.629. The van der Waals surface area contributed by atoms with Crippen LogP contribution < -0.4 is 26.3 Å². The summed E-state index contributed by atoms with van der Waals surface area (Å²) in [5, 5.41) is 2.74. The normalized spacial score (nSPS) is 11.9. The Morgan fingerprint density at radius 3 is 2.68 bits per heavy atom. The molecular weight excluding hydrogens is 360 g/mol. The first-order valence-corrected chi connectivity index (χ1v) is 8.74. The molecule has 2 heterocycles. The molecule has 0 unspecified atom stereocenters. The van der Waals surface area contributed by atoms with Gasteiger partial charge in [0.1, 0.15) is 5.75 Å². The Balaban J connectivity index is 2.03. The summed E-state index contributed by atoms with van der Waals surface area (Å²) in [4.78, 5) is 24.8. The molecule has 0 radical (unpaired) electrons. The van der Waals surface area contributed by atoms with Gasteiger partial charge in [-0.3, -0.25) is 4.79 Å². The summed E-state index contributed by atoms with van der Waals surface area (Å²) < 4.78 is 10.9. The number of pyridine rings is 1. The number of anilines is 2. The van der Waals surface area contributed by atoms with Crippen molar-refractivity contribution in [2.45, 2.75) is 19.9 Å². The van der Waals surface area contributed by atoms with Gasteiger partial charge in [-0.15, -0.1) is 0 Å². The summed E-state index contributed by atoms with van der Waals surface area (Å²) in [5.41, 5.74) is 14.4. The maximum Gasteiger partial charge on any atom is 0.245 e. The highest BCUT2D eigenvalue weighted by Gasteiger charge is 2.14. The van der Waals surface area contributed by atoms with Gasteiger partial charge in [-0.05, 0) is 38.1 Å². The third-order valence-corrected chi connectivity index (χ3v) is 3.98. The highest BCUT2D eigenvalue weighted by Crippen LogP contribution is 2.32. The van der Waals surface area contributed by atoms with Gasteiger partial charge < -0.3 is 26.3 Å². The van der Waals surface area contributed by atoms with Gasteiger partial charge in [-0.1, -0.05) is 6.07 Å². The van der Waals surface area contributed by atoms with Crippen LogP contribution in [-0.4, -0.2) is 40.6 Å². The van der Waals surface area contributed by atoms with E-state index in [9.17, 15) is 4.79 Å². The quantitative estimate of drug-likeness (QED) is 0.588. The standard InChI is InChI=1S/C19H22N6O3/c1-4-28-18-16-14(24-19(21)25-18)8-7-12(22-16)11-5-6-13(15(9-11)27-3)23-17(26)10(2)20/h5-10H,4,20H2,1-3H3,(H,23,26)(H2,21,24,25)/t10-/m0/s1. The molecule has 146 valence electrons. The van der Waals surface area contributed by atoms with Gasteiger partial charge in [0.25, 0.3) is 0 Å². The van der Waals surface area contributed by atoms with E-state index in [-0.39, 0.29) is 11.9 Å². The van der Waals surface area contributed by atoms with Crippen LogP contribution in [0.4, 0.5) is 11.6 Å². The number of nitrogens with two attached hydrogens (primary N) is 2. The second-order valence-corrected chi connectivity index (χ2v) is 6.08. The fraction of sp³-hybridized carbons (Fsp3) is 0.263. The fourth-order valence-electron chi connectivity index (χ4n) is 2.60. The van der Waals surface area contributed by atoms with E-state index in [1.807, 2.05) is 19.1 Å². The first-order chi connectivity index (χ1) is 13.4. The predicted octanol–water partition coefficient (Wildman–Crippen LogP) is 1.97. The Morgan fingerprint density at radius 2 is 2.00 bits per heavy atom. The second-order valence-electron chi connectivity index (χ2n) is 6.08. The van der Waals surface area contributed by atoms with E-state index in [2.05, 4.69) is 20.3 Å². The number of carbonyl (C=O) groups excluding carboxylic acids is 1. The number of nitrogen functional groups attached to an aromatic ring is 1. The third kappa shape index (κ3) is 3.94. The number of ether oxygens (including phenoxy) is 2. The molecule has 0 aliphatic rings. The number of methoxy groups -OCH3 is 1. The molecule has 1 aromatic carbocycles. The van der Waals surface area contributed by atoms with Crippen LogP contribution >= 0.6 is 0 Å².